The molecule has 0 spiro atoms. The molecule has 0 fully saturated rings. The van der Waals surface area contributed by atoms with Gasteiger partial charge in [0.2, 0.25) is 5.95 Å². The second kappa shape index (κ2) is 4.27. The van der Waals surface area contributed by atoms with Gasteiger partial charge in [-0.2, -0.15) is 0 Å². The van der Waals surface area contributed by atoms with Gasteiger partial charge in [-0.3, -0.25) is 4.40 Å². The molecule has 1 aromatic carbocycles. The van der Waals surface area contributed by atoms with Crippen molar-refractivity contribution in [1.82, 2.24) is 14.6 Å². The van der Waals surface area contributed by atoms with E-state index in [4.69, 9.17) is 11.6 Å². The van der Waals surface area contributed by atoms with Crippen LogP contribution in [-0.2, 0) is 0 Å². The van der Waals surface area contributed by atoms with Gasteiger partial charge in [-0.1, -0.05) is 29.8 Å². The van der Waals surface area contributed by atoms with E-state index in [-0.39, 0.29) is 10.7 Å². The second-order valence-electron chi connectivity index (χ2n) is 3.71. The van der Waals surface area contributed by atoms with Gasteiger partial charge >= 0.3 is 0 Å². The quantitative estimate of drug-likeness (QED) is 0.771. The van der Waals surface area contributed by atoms with Crippen LogP contribution in [0.2, 0.25) is 5.02 Å². The van der Waals surface area contributed by atoms with E-state index in [0.29, 0.717) is 5.95 Å². The fourth-order valence-corrected chi connectivity index (χ4v) is 1.85. The van der Waals surface area contributed by atoms with E-state index in [9.17, 15) is 4.39 Å². The SMILES string of the molecule is Fc1cc(Cl)cn2c(Nc3ccccc3)nnc12. The topological polar surface area (TPSA) is 42.2 Å². The summed E-state index contributed by atoms with van der Waals surface area (Å²) in [7, 11) is 0. The second-order valence-corrected chi connectivity index (χ2v) is 4.15. The first kappa shape index (κ1) is 11.0. The van der Waals surface area contributed by atoms with Gasteiger partial charge in [0, 0.05) is 11.9 Å². The molecule has 6 heteroatoms. The molecule has 0 aliphatic heterocycles. The molecule has 0 aliphatic rings. The number of hydrogen-bond acceptors (Lipinski definition) is 3. The first-order valence-electron chi connectivity index (χ1n) is 5.26. The maximum Gasteiger partial charge on any atom is 0.233 e. The number of benzene rings is 1. The standard InChI is InChI=1S/C12H8ClFN4/c13-8-6-10(14)11-16-17-12(18(11)7-8)15-9-4-2-1-3-5-9/h1-7H,(H,15,17). The number of anilines is 2. The van der Waals surface area contributed by atoms with Crippen molar-refractivity contribution in [2.45, 2.75) is 0 Å². The van der Waals surface area contributed by atoms with Gasteiger partial charge in [-0.15, -0.1) is 10.2 Å². The lowest BCUT2D eigenvalue weighted by molar-refractivity contribution is 0.629. The maximum atomic E-state index is 13.6. The highest BCUT2D eigenvalue weighted by molar-refractivity contribution is 6.30. The molecule has 0 saturated carbocycles. The molecule has 18 heavy (non-hydrogen) atoms. The van der Waals surface area contributed by atoms with Crippen molar-refractivity contribution in [2.75, 3.05) is 5.32 Å². The molecule has 0 saturated heterocycles. The molecule has 2 heterocycles. The number of fused-ring (bicyclic) bond motifs is 1. The van der Waals surface area contributed by atoms with Gasteiger partial charge < -0.3 is 5.32 Å². The number of hydrogen-bond donors (Lipinski definition) is 1. The van der Waals surface area contributed by atoms with Gasteiger partial charge in [0.15, 0.2) is 11.5 Å². The summed E-state index contributed by atoms with van der Waals surface area (Å²) in [5.41, 5.74) is 0.977. The van der Waals surface area contributed by atoms with Crippen molar-refractivity contribution in [3.8, 4) is 0 Å². The highest BCUT2D eigenvalue weighted by atomic mass is 35.5. The van der Waals surface area contributed by atoms with Crippen LogP contribution in [0.4, 0.5) is 16.0 Å². The number of pyridine rings is 1. The predicted octanol–water partition coefficient (Wildman–Crippen LogP) is 3.27. The summed E-state index contributed by atoms with van der Waals surface area (Å²) in [6.45, 7) is 0. The largest absolute Gasteiger partial charge is 0.324 e. The van der Waals surface area contributed by atoms with Crippen molar-refractivity contribution in [3.05, 3.63) is 53.4 Å². The zero-order valence-electron chi connectivity index (χ0n) is 9.14. The molecule has 0 aliphatic carbocycles. The lowest BCUT2D eigenvalue weighted by Gasteiger charge is -2.04. The summed E-state index contributed by atoms with van der Waals surface area (Å²) in [5, 5.41) is 11.0. The van der Waals surface area contributed by atoms with E-state index in [2.05, 4.69) is 15.5 Å². The molecule has 0 amide bonds. The number of para-hydroxylation sites is 1. The Labute approximate surface area is 107 Å². The first-order chi connectivity index (χ1) is 8.74. The molecule has 0 radical (unpaired) electrons. The number of halogens is 2. The Morgan fingerprint density at radius 3 is 2.72 bits per heavy atom. The fourth-order valence-electron chi connectivity index (χ4n) is 1.66. The Morgan fingerprint density at radius 1 is 1.17 bits per heavy atom. The smallest absolute Gasteiger partial charge is 0.233 e. The molecular formula is C12H8ClFN4. The normalized spacial score (nSPS) is 10.8. The Kier molecular flexibility index (Phi) is 2.60. The Bertz CT molecular complexity index is 696. The van der Waals surface area contributed by atoms with Crippen LogP contribution in [0.25, 0.3) is 5.65 Å². The van der Waals surface area contributed by atoms with Crippen LogP contribution < -0.4 is 5.32 Å². The van der Waals surface area contributed by atoms with Crippen LogP contribution in [0.1, 0.15) is 0 Å². The number of aromatic nitrogens is 3. The zero-order valence-corrected chi connectivity index (χ0v) is 9.89. The summed E-state index contributed by atoms with van der Waals surface area (Å²) in [5.74, 6) is -0.0892. The first-order valence-corrected chi connectivity index (χ1v) is 5.64. The molecule has 1 N–H and O–H groups in total. The van der Waals surface area contributed by atoms with Gasteiger partial charge in [0.05, 0.1) is 5.02 Å². The summed E-state index contributed by atoms with van der Waals surface area (Å²) in [4.78, 5) is 0. The van der Waals surface area contributed by atoms with E-state index in [1.54, 1.807) is 6.20 Å². The van der Waals surface area contributed by atoms with E-state index in [0.717, 1.165) is 5.69 Å². The molecule has 2 aromatic heterocycles. The van der Waals surface area contributed by atoms with Crippen LogP contribution in [0.3, 0.4) is 0 Å². The average molecular weight is 263 g/mol. The maximum absolute atomic E-state index is 13.6. The van der Waals surface area contributed by atoms with Crippen LogP contribution in [0.15, 0.2) is 42.6 Å². The van der Waals surface area contributed by atoms with Crippen LogP contribution >= 0.6 is 11.6 Å². The van der Waals surface area contributed by atoms with Crippen molar-refractivity contribution < 1.29 is 4.39 Å². The minimum atomic E-state index is -0.504. The molecule has 4 nitrogen and oxygen atoms in total. The molecule has 0 bridgehead atoms. The monoisotopic (exact) mass is 262 g/mol. The molecular weight excluding hydrogens is 255 g/mol. The molecule has 0 atom stereocenters. The minimum Gasteiger partial charge on any atom is -0.324 e. The van der Waals surface area contributed by atoms with Crippen molar-refractivity contribution in [2.24, 2.45) is 0 Å². The van der Waals surface area contributed by atoms with E-state index >= 15 is 0 Å². The average Bonchev–Trinajstić information content (AvgIpc) is 2.74. The Balaban J connectivity index is 2.08. The van der Waals surface area contributed by atoms with Crippen molar-refractivity contribution in [3.63, 3.8) is 0 Å². The molecule has 3 rings (SSSR count). The highest BCUT2D eigenvalue weighted by Crippen LogP contribution is 2.20. The van der Waals surface area contributed by atoms with Crippen LogP contribution in [0, 0.1) is 5.82 Å². The number of nitrogens with zero attached hydrogens (tertiary/aromatic N) is 3. The lowest BCUT2D eigenvalue weighted by Crippen LogP contribution is -1.97. The van der Waals surface area contributed by atoms with Gasteiger partial charge in [0.1, 0.15) is 0 Å². The summed E-state index contributed by atoms with van der Waals surface area (Å²) in [6.07, 6.45) is 1.56. The van der Waals surface area contributed by atoms with Gasteiger partial charge in [-0.25, -0.2) is 4.39 Å². The number of nitrogens with one attached hydrogen (secondary N) is 1. The van der Waals surface area contributed by atoms with Crippen molar-refractivity contribution in [1.29, 1.82) is 0 Å². The minimum absolute atomic E-state index is 0.137. The lowest BCUT2D eigenvalue weighted by atomic mass is 10.3. The van der Waals surface area contributed by atoms with E-state index < -0.39 is 5.82 Å². The Hall–Kier alpha value is -2.14. The summed E-state index contributed by atoms with van der Waals surface area (Å²) >= 11 is 5.81. The molecule has 3 aromatic rings. The highest BCUT2D eigenvalue weighted by Gasteiger charge is 2.10. The summed E-state index contributed by atoms with van der Waals surface area (Å²) < 4.78 is 15.0. The third kappa shape index (κ3) is 1.89. The van der Waals surface area contributed by atoms with Crippen LogP contribution in [0.5, 0.6) is 0 Å². The van der Waals surface area contributed by atoms with Crippen molar-refractivity contribution >= 4 is 28.9 Å². The summed E-state index contributed by atoms with van der Waals surface area (Å²) in [6, 6.07) is 10.6. The molecule has 0 unspecified atom stereocenters. The van der Waals surface area contributed by atoms with Gasteiger partial charge in [-0.05, 0) is 18.2 Å². The van der Waals surface area contributed by atoms with Gasteiger partial charge in [0.25, 0.3) is 0 Å². The fraction of sp³-hybridized carbons (Fsp3) is 0. The number of rotatable bonds is 2. The Morgan fingerprint density at radius 2 is 1.94 bits per heavy atom. The van der Waals surface area contributed by atoms with E-state index in [1.165, 1.54) is 10.5 Å². The van der Waals surface area contributed by atoms with Crippen LogP contribution in [-0.4, -0.2) is 14.6 Å². The molecule has 90 valence electrons. The third-order valence-corrected chi connectivity index (χ3v) is 2.66. The predicted molar refractivity (Wildman–Crippen MR) is 67.7 cm³/mol. The zero-order chi connectivity index (χ0) is 12.5. The third-order valence-electron chi connectivity index (χ3n) is 2.46. The van der Waals surface area contributed by atoms with E-state index in [1.807, 2.05) is 30.3 Å².